The molecule has 0 aliphatic rings. The third kappa shape index (κ3) is 4.88. The smallest absolute Gasteiger partial charge is 0.118 e. The highest BCUT2D eigenvalue weighted by atomic mass is 16.5. The van der Waals surface area contributed by atoms with E-state index in [9.17, 15) is 0 Å². The first kappa shape index (κ1) is 13.5. The maximum Gasteiger partial charge on any atom is 0.118 e. The number of hydrogen-bond acceptors (Lipinski definition) is 3. The van der Waals surface area contributed by atoms with Crippen LogP contribution in [0.15, 0.2) is 24.3 Å². The van der Waals surface area contributed by atoms with E-state index < -0.39 is 0 Å². The number of methoxy groups -OCH3 is 1. The predicted octanol–water partition coefficient (Wildman–Crippen LogP) is 2.33. The molecule has 0 saturated carbocycles. The fourth-order valence-corrected chi connectivity index (χ4v) is 1.71. The number of ether oxygens (including phenoxy) is 1. The Balaban J connectivity index is 2.37. The first-order valence-electron chi connectivity index (χ1n) is 5.86. The molecule has 0 amide bonds. The van der Waals surface area contributed by atoms with E-state index in [4.69, 9.17) is 10.00 Å². The van der Waals surface area contributed by atoms with Crippen LogP contribution in [0.2, 0.25) is 0 Å². The van der Waals surface area contributed by atoms with Gasteiger partial charge in [0.25, 0.3) is 0 Å². The van der Waals surface area contributed by atoms with Gasteiger partial charge in [-0.2, -0.15) is 5.26 Å². The molecule has 0 aliphatic carbocycles. The monoisotopic (exact) mass is 232 g/mol. The van der Waals surface area contributed by atoms with Crippen molar-refractivity contribution >= 4 is 0 Å². The summed E-state index contributed by atoms with van der Waals surface area (Å²) < 4.78 is 5.12. The van der Waals surface area contributed by atoms with Gasteiger partial charge in [-0.1, -0.05) is 12.1 Å². The Kier molecular flexibility index (Phi) is 5.51. The molecular weight excluding hydrogens is 212 g/mol. The number of nitrogens with zero attached hydrogens (tertiary/aromatic N) is 2. The molecular formula is C14H20N2O. The first-order valence-corrected chi connectivity index (χ1v) is 5.86. The summed E-state index contributed by atoms with van der Waals surface area (Å²) in [6.07, 6.45) is 0.999. The van der Waals surface area contributed by atoms with Crippen molar-refractivity contribution in [2.45, 2.75) is 13.3 Å². The molecule has 1 aromatic carbocycles. The van der Waals surface area contributed by atoms with Gasteiger partial charge in [0, 0.05) is 13.1 Å². The number of benzene rings is 1. The summed E-state index contributed by atoms with van der Waals surface area (Å²) >= 11 is 0. The van der Waals surface area contributed by atoms with Crippen LogP contribution in [-0.4, -0.2) is 32.1 Å². The molecule has 92 valence electrons. The molecule has 0 bridgehead atoms. The van der Waals surface area contributed by atoms with Crippen molar-refractivity contribution in [2.24, 2.45) is 5.92 Å². The Morgan fingerprint density at radius 2 is 2.00 bits per heavy atom. The zero-order chi connectivity index (χ0) is 12.7. The van der Waals surface area contributed by atoms with E-state index >= 15 is 0 Å². The lowest BCUT2D eigenvalue weighted by molar-refractivity contribution is 0.314. The second kappa shape index (κ2) is 6.93. The van der Waals surface area contributed by atoms with Crippen molar-refractivity contribution in [3.8, 4) is 11.8 Å². The minimum Gasteiger partial charge on any atom is -0.497 e. The fraction of sp³-hybridized carbons (Fsp3) is 0.500. The standard InChI is InChI=1S/C14H20N2O/c1-12(10-15)11-16(2)9-8-13-4-6-14(17-3)7-5-13/h4-7,12H,8-9,11H2,1-3H3. The molecule has 0 radical (unpaired) electrons. The van der Waals surface area contributed by atoms with Crippen LogP contribution < -0.4 is 4.74 Å². The van der Waals surface area contributed by atoms with Crippen LogP contribution >= 0.6 is 0 Å². The highest BCUT2D eigenvalue weighted by Gasteiger charge is 2.05. The van der Waals surface area contributed by atoms with Gasteiger partial charge in [0.05, 0.1) is 19.1 Å². The van der Waals surface area contributed by atoms with Crippen molar-refractivity contribution in [1.82, 2.24) is 4.90 Å². The summed E-state index contributed by atoms with van der Waals surface area (Å²) in [7, 11) is 3.73. The summed E-state index contributed by atoms with van der Waals surface area (Å²) in [5.74, 6) is 0.982. The van der Waals surface area contributed by atoms with Crippen LogP contribution in [-0.2, 0) is 6.42 Å². The SMILES string of the molecule is COc1ccc(CCN(C)CC(C)C#N)cc1. The van der Waals surface area contributed by atoms with E-state index in [1.165, 1.54) is 5.56 Å². The van der Waals surface area contributed by atoms with Crippen LogP contribution in [0, 0.1) is 17.2 Å². The minimum atomic E-state index is 0.0934. The lowest BCUT2D eigenvalue weighted by Crippen LogP contribution is -2.26. The molecule has 17 heavy (non-hydrogen) atoms. The van der Waals surface area contributed by atoms with E-state index in [0.717, 1.165) is 25.3 Å². The molecule has 0 fully saturated rings. The number of rotatable bonds is 6. The number of hydrogen-bond donors (Lipinski definition) is 0. The van der Waals surface area contributed by atoms with Crippen molar-refractivity contribution in [3.05, 3.63) is 29.8 Å². The van der Waals surface area contributed by atoms with Gasteiger partial charge in [-0.3, -0.25) is 0 Å². The maximum absolute atomic E-state index is 8.74. The molecule has 0 aromatic heterocycles. The molecule has 3 nitrogen and oxygen atoms in total. The van der Waals surface area contributed by atoms with Gasteiger partial charge in [-0.15, -0.1) is 0 Å². The lowest BCUT2D eigenvalue weighted by Gasteiger charge is -2.17. The second-order valence-electron chi connectivity index (χ2n) is 4.39. The average Bonchev–Trinajstić information content (AvgIpc) is 2.36. The Morgan fingerprint density at radius 1 is 1.35 bits per heavy atom. The molecule has 1 aromatic rings. The topological polar surface area (TPSA) is 36.3 Å². The van der Waals surface area contributed by atoms with Gasteiger partial charge in [0.2, 0.25) is 0 Å². The first-order chi connectivity index (χ1) is 8.15. The summed E-state index contributed by atoms with van der Waals surface area (Å²) in [4.78, 5) is 2.19. The maximum atomic E-state index is 8.74. The zero-order valence-electron chi connectivity index (χ0n) is 10.8. The Bertz CT molecular complexity index is 367. The molecule has 0 spiro atoms. The van der Waals surface area contributed by atoms with E-state index in [-0.39, 0.29) is 5.92 Å². The van der Waals surface area contributed by atoms with Gasteiger partial charge in [-0.25, -0.2) is 0 Å². The van der Waals surface area contributed by atoms with Crippen LogP contribution in [0.5, 0.6) is 5.75 Å². The van der Waals surface area contributed by atoms with Gasteiger partial charge in [0.1, 0.15) is 5.75 Å². The summed E-state index contributed by atoms with van der Waals surface area (Å²) in [6.45, 7) is 3.74. The van der Waals surface area contributed by atoms with Crippen LogP contribution in [0.3, 0.4) is 0 Å². The highest BCUT2D eigenvalue weighted by molar-refractivity contribution is 5.27. The van der Waals surface area contributed by atoms with Crippen molar-refractivity contribution < 1.29 is 4.74 Å². The number of nitriles is 1. The summed E-state index contributed by atoms with van der Waals surface area (Å²) in [5.41, 5.74) is 1.29. The number of likely N-dealkylation sites (N-methyl/N-ethyl adjacent to an activating group) is 1. The Hall–Kier alpha value is -1.53. The molecule has 3 heteroatoms. The molecule has 0 aliphatic heterocycles. The van der Waals surface area contributed by atoms with Gasteiger partial charge < -0.3 is 9.64 Å². The van der Waals surface area contributed by atoms with Crippen LogP contribution in [0.1, 0.15) is 12.5 Å². The molecule has 1 rings (SSSR count). The normalized spacial score (nSPS) is 12.2. The molecule has 1 atom stereocenters. The van der Waals surface area contributed by atoms with Crippen molar-refractivity contribution in [2.75, 3.05) is 27.2 Å². The van der Waals surface area contributed by atoms with Crippen LogP contribution in [0.25, 0.3) is 0 Å². The van der Waals surface area contributed by atoms with E-state index in [1.807, 2.05) is 19.1 Å². The summed E-state index contributed by atoms with van der Waals surface area (Å²) in [6, 6.07) is 10.4. The Labute approximate surface area is 104 Å². The zero-order valence-corrected chi connectivity index (χ0v) is 10.8. The van der Waals surface area contributed by atoms with Gasteiger partial charge in [-0.05, 0) is 38.1 Å². The summed E-state index contributed by atoms with van der Waals surface area (Å²) in [5, 5.41) is 8.74. The van der Waals surface area contributed by atoms with Crippen molar-refractivity contribution in [3.63, 3.8) is 0 Å². The fourth-order valence-electron chi connectivity index (χ4n) is 1.71. The third-order valence-electron chi connectivity index (χ3n) is 2.75. The predicted molar refractivity (Wildman–Crippen MR) is 69.0 cm³/mol. The van der Waals surface area contributed by atoms with Gasteiger partial charge in [0.15, 0.2) is 0 Å². The molecule has 0 N–H and O–H groups in total. The van der Waals surface area contributed by atoms with E-state index in [0.29, 0.717) is 0 Å². The second-order valence-corrected chi connectivity index (χ2v) is 4.39. The van der Waals surface area contributed by atoms with Crippen LogP contribution in [0.4, 0.5) is 0 Å². The van der Waals surface area contributed by atoms with E-state index in [2.05, 4.69) is 30.1 Å². The van der Waals surface area contributed by atoms with Crippen molar-refractivity contribution in [1.29, 1.82) is 5.26 Å². The highest BCUT2D eigenvalue weighted by Crippen LogP contribution is 2.11. The minimum absolute atomic E-state index is 0.0934. The lowest BCUT2D eigenvalue weighted by atomic mass is 10.1. The van der Waals surface area contributed by atoms with E-state index in [1.54, 1.807) is 7.11 Å². The van der Waals surface area contributed by atoms with Gasteiger partial charge >= 0.3 is 0 Å². The quantitative estimate of drug-likeness (QED) is 0.755. The Morgan fingerprint density at radius 3 is 2.53 bits per heavy atom. The molecule has 1 unspecified atom stereocenters. The third-order valence-corrected chi connectivity index (χ3v) is 2.75. The molecule has 0 heterocycles. The average molecular weight is 232 g/mol. The molecule has 0 saturated heterocycles. The largest absolute Gasteiger partial charge is 0.497 e.